The van der Waals surface area contributed by atoms with Crippen molar-refractivity contribution in [1.29, 1.82) is 5.41 Å². The van der Waals surface area contributed by atoms with Crippen LogP contribution < -0.4 is 10.5 Å². The lowest BCUT2D eigenvalue weighted by molar-refractivity contribution is -0.102. The summed E-state index contributed by atoms with van der Waals surface area (Å²) in [6, 6.07) is 4.84. The Bertz CT molecular complexity index is 347. The first-order valence-corrected chi connectivity index (χ1v) is 3.66. The van der Waals surface area contributed by atoms with E-state index >= 15 is 0 Å². The average molecular weight is 178 g/mol. The minimum Gasteiger partial charge on any atom is -0.497 e. The van der Waals surface area contributed by atoms with Crippen molar-refractivity contribution in [1.82, 2.24) is 0 Å². The Kier molecular flexibility index (Phi) is 2.64. The van der Waals surface area contributed by atoms with Gasteiger partial charge < -0.3 is 10.5 Å². The quantitative estimate of drug-likeness (QED) is 0.409. The van der Waals surface area contributed by atoms with Crippen LogP contribution in [0.5, 0.6) is 5.75 Å². The third kappa shape index (κ3) is 1.84. The Morgan fingerprint density at radius 2 is 2.31 bits per heavy atom. The number of carbonyl (C=O) groups excluding carboxylic acids is 1. The molecule has 0 amide bonds. The Labute approximate surface area is 75.8 Å². The smallest absolute Gasteiger partial charge is 0.168 e. The van der Waals surface area contributed by atoms with E-state index in [1.165, 1.54) is 7.11 Å². The molecule has 0 saturated heterocycles. The highest BCUT2D eigenvalue weighted by Gasteiger charge is 2.05. The molecule has 0 fully saturated rings. The van der Waals surface area contributed by atoms with Crippen molar-refractivity contribution in [3.63, 3.8) is 0 Å². The number of hydrogen-bond donors (Lipinski definition) is 2. The molecule has 0 radical (unpaired) electrons. The topological polar surface area (TPSA) is 76.2 Å². The van der Waals surface area contributed by atoms with Crippen molar-refractivity contribution in [3.05, 3.63) is 23.8 Å². The zero-order valence-corrected chi connectivity index (χ0v) is 7.20. The first-order valence-electron chi connectivity index (χ1n) is 3.66. The Hall–Kier alpha value is -1.84. The lowest BCUT2D eigenvalue weighted by atomic mass is 10.1. The zero-order chi connectivity index (χ0) is 9.84. The van der Waals surface area contributed by atoms with Crippen LogP contribution in [0.4, 0.5) is 5.69 Å². The van der Waals surface area contributed by atoms with Crippen LogP contribution >= 0.6 is 0 Å². The van der Waals surface area contributed by atoms with Crippen LogP contribution in [-0.2, 0) is 4.79 Å². The van der Waals surface area contributed by atoms with Gasteiger partial charge in [-0.2, -0.15) is 0 Å². The highest BCUT2D eigenvalue weighted by atomic mass is 16.5. The largest absolute Gasteiger partial charge is 0.497 e. The summed E-state index contributed by atoms with van der Waals surface area (Å²) in [6.45, 7) is 0. The first-order chi connectivity index (χ1) is 6.19. The molecule has 0 saturated carbocycles. The van der Waals surface area contributed by atoms with E-state index in [0.29, 0.717) is 23.3 Å². The van der Waals surface area contributed by atoms with Gasteiger partial charge in [-0.25, -0.2) is 0 Å². The van der Waals surface area contributed by atoms with Gasteiger partial charge in [0.15, 0.2) is 6.29 Å². The predicted octanol–water partition coefficient (Wildman–Crippen LogP) is 0.844. The van der Waals surface area contributed by atoms with Gasteiger partial charge in [0.05, 0.1) is 7.11 Å². The summed E-state index contributed by atoms with van der Waals surface area (Å²) >= 11 is 0. The molecule has 68 valence electrons. The number of carbonyl (C=O) groups is 1. The number of benzene rings is 1. The van der Waals surface area contributed by atoms with Crippen molar-refractivity contribution in [2.45, 2.75) is 0 Å². The maximum Gasteiger partial charge on any atom is 0.168 e. The fraction of sp³-hybridized carbons (Fsp3) is 0.111. The molecule has 3 N–H and O–H groups in total. The molecule has 0 heterocycles. The van der Waals surface area contributed by atoms with E-state index in [9.17, 15) is 4.79 Å². The summed E-state index contributed by atoms with van der Waals surface area (Å²) in [6.07, 6.45) is 0.450. The molecule has 4 heteroatoms. The lowest BCUT2D eigenvalue weighted by Crippen LogP contribution is -2.04. The Morgan fingerprint density at radius 1 is 1.62 bits per heavy atom. The van der Waals surface area contributed by atoms with Crippen LogP contribution in [0, 0.1) is 5.41 Å². The number of aldehydes is 1. The van der Waals surface area contributed by atoms with Gasteiger partial charge in [-0.3, -0.25) is 10.2 Å². The van der Waals surface area contributed by atoms with E-state index in [2.05, 4.69) is 0 Å². The number of hydrogen-bond acceptors (Lipinski definition) is 4. The second-order valence-corrected chi connectivity index (χ2v) is 2.48. The predicted molar refractivity (Wildman–Crippen MR) is 50.3 cm³/mol. The molecule has 1 aromatic carbocycles. The van der Waals surface area contributed by atoms with E-state index in [0.717, 1.165) is 0 Å². The normalized spacial score (nSPS) is 9.31. The van der Waals surface area contributed by atoms with Crippen LogP contribution in [0.1, 0.15) is 5.56 Å². The number of nitrogen functional groups attached to an aromatic ring is 1. The van der Waals surface area contributed by atoms with Gasteiger partial charge in [0, 0.05) is 11.3 Å². The Balaban J connectivity index is 3.18. The van der Waals surface area contributed by atoms with E-state index in [1.54, 1.807) is 18.2 Å². The van der Waals surface area contributed by atoms with Crippen LogP contribution in [-0.4, -0.2) is 19.1 Å². The zero-order valence-electron chi connectivity index (χ0n) is 7.20. The first kappa shape index (κ1) is 9.25. The Morgan fingerprint density at radius 3 is 2.85 bits per heavy atom. The molecule has 1 rings (SSSR count). The summed E-state index contributed by atoms with van der Waals surface area (Å²) in [5.74, 6) is 0.579. The summed E-state index contributed by atoms with van der Waals surface area (Å²) < 4.78 is 4.94. The van der Waals surface area contributed by atoms with Crippen LogP contribution in [0.25, 0.3) is 0 Å². The SMILES string of the molecule is COc1ccc(N)c(C(=N)C=O)c1. The van der Waals surface area contributed by atoms with Crippen molar-refractivity contribution < 1.29 is 9.53 Å². The standard InChI is InChI=1S/C9H10N2O2/c1-13-6-2-3-8(10)7(4-6)9(11)5-12/h2-5,11H,10H2,1H3. The minimum atomic E-state index is -0.142. The highest BCUT2D eigenvalue weighted by Crippen LogP contribution is 2.19. The second-order valence-electron chi connectivity index (χ2n) is 2.48. The molecule has 0 atom stereocenters. The van der Waals surface area contributed by atoms with Crippen molar-refractivity contribution in [2.75, 3.05) is 12.8 Å². The fourth-order valence-corrected chi connectivity index (χ4v) is 0.959. The molecule has 0 aliphatic heterocycles. The summed E-state index contributed by atoms with van der Waals surface area (Å²) in [7, 11) is 1.51. The van der Waals surface area contributed by atoms with Gasteiger partial charge in [-0.05, 0) is 18.2 Å². The van der Waals surface area contributed by atoms with E-state index in [1.807, 2.05) is 0 Å². The second kappa shape index (κ2) is 3.71. The van der Waals surface area contributed by atoms with Crippen molar-refractivity contribution in [2.24, 2.45) is 0 Å². The van der Waals surface area contributed by atoms with E-state index in [-0.39, 0.29) is 5.71 Å². The molecular formula is C9H10N2O2. The van der Waals surface area contributed by atoms with Crippen LogP contribution in [0.2, 0.25) is 0 Å². The van der Waals surface area contributed by atoms with E-state index < -0.39 is 0 Å². The molecular weight excluding hydrogens is 168 g/mol. The summed E-state index contributed by atoms with van der Waals surface area (Å²) in [4.78, 5) is 10.3. The van der Waals surface area contributed by atoms with Gasteiger partial charge in [-0.15, -0.1) is 0 Å². The van der Waals surface area contributed by atoms with Crippen LogP contribution in [0.3, 0.4) is 0 Å². The number of ether oxygens (including phenoxy) is 1. The molecule has 0 aliphatic rings. The number of methoxy groups -OCH3 is 1. The number of nitrogens with one attached hydrogen (secondary N) is 1. The molecule has 0 spiro atoms. The van der Waals surface area contributed by atoms with Crippen molar-refractivity contribution >= 4 is 17.7 Å². The van der Waals surface area contributed by atoms with Gasteiger partial charge in [0.2, 0.25) is 0 Å². The fourth-order valence-electron chi connectivity index (χ4n) is 0.959. The highest BCUT2D eigenvalue weighted by molar-refractivity contribution is 6.36. The lowest BCUT2D eigenvalue weighted by Gasteiger charge is -2.05. The van der Waals surface area contributed by atoms with Gasteiger partial charge in [-0.1, -0.05) is 0 Å². The molecule has 1 aromatic rings. The third-order valence-electron chi connectivity index (χ3n) is 1.67. The van der Waals surface area contributed by atoms with Gasteiger partial charge in [0.1, 0.15) is 11.5 Å². The molecule has 4 nitrogen and oxygen atoms in total. The number of anilines is 1. The third-order valence-corrected chi connectivity index (χ3v) is 1.67. The average Bonchev–Trinajstić information content (AvgIpc) is 2.17. The maximum atomic E-state index is 10.3. The maximum absolute atomic E-state index is 10.3. The minimum absolute atomic E-state index is 0.142. The summed E-state index contributed by atoms with van der Waals surface area (Å²) in [5, 5.41) is 7.29. The molecule has 0 aliphatic carbocycles. The van der Waals surface area contributed by atoms with Crippen molar-refractivity contribution in [3.8, 4) is 5.75 Å². The monoisotopic (exact) mass is 178 g/mol. The number of rotatable bonds is 3. The van der Waals surface area contributed by atoms with Crippen LogP contribution in [0.15, 0.2) is 18.2 Å². The number of nitrogens with two attached hydrogens (primary N) is 1. The molecule has 13 heavy (non-hydrogen) atoms. The molecule has 0 unspecified atom stereocenters. The van der Waals surface area contributed by atoms with Gasteiger partial charge in [0.25, 0.3) is 0 Å². The molecule has 0 aromatic heterocycles. The summed E-state index contributed by atoms with van der Waals surface area (Å²) in [5.41, 5.74) is 6.22. The van der Waals surface area contributed by atoms with E-state index in [4.69, 9.17) is 15.9 Å². The van der Waals surface area contributed by atoms with Gasteiger partial charge >= 0.3 is 0 Å². The molecule has 0 bridgehead atoms.